The summed E-state index contributed by atoms with van der Waals surface area (Å²) in [6.07, 6.45) is 9.45. The molecule has 0 aromatic rings. The quantitative estimate of drug-likeness (QED) is 0.377. The Morgan fingerprint density at radius 1 is 1.06 bits per heavy atom. The lowest BCUT2D eigenvalue weighted by Gasteiger charge is -1.99. The molecule has 2 heteroatoms. The van der Waals surface area contributed by atoms with Gasteiger partial charge in [-0.15, -0.1) is 5.73 Å². The zero-order valence-electron chi connectivity index (χ0n) is 12.3. The van der Waals surface area contributed by atoms with Crippen molar-refractivity contribution in [3.63, 3.8) is 0 Å². The van der Waals surface area contributed by atoms with Gasteiger partial charge in [-0.1, -0.05) is 29.0 Å². The minimum atomic E-state index is 0.173. The molecule has 0 heterocycles. The van der Waals surface area contributed by atoms with E-state index in [1.807, 2.05) is 0 Å². The van der Waals surface area contributed by atoms with Crippen molar-refractivity contribution in [2.45, 2.75) is 53.4 Å². The molecule has 0 aromatic heterocycles. The molecular weight excluding hydrogens is 236 g/mol. The fourth-order valence-corrected chi connectivity index (χ4v) is 2.74. The molecule has 0 radical (unpaired) electrons. The third-order valence-electron chi connectivity index (χ3n) is 2.66. The molecule has 0 atom stereocenters. The summed E-state index contributed by atoms with van der Waals surface area (Å²) in [7, 11) is 1.56. The van der Waals surface area contributed by atoms with E-state index in [4.69, 9.17) is 0 Å². The highest BCUT2D eigenvalue weighted by Gasteiger charge is 1.90. The van der Waals surface area contributed by atoms with E-state index < -0.39 is 0 Å². The zero-order valence-corrected chi connectivity index (χ0v) is 15.7. The minimum absolute atomic E-state index is 0.173. The van der Waals surface area contributed by atoms with Gasteiger partial charge in [0.2, 0.25) is 0 Å². The minimum Gasteiger partial charge on any atom is -0.132 e. The van der Waals surface area contributed by atoms with E-state index in [2.05, 4.69) is 51.3 Å². The van der Waals surface area contributed by atoms with E-state index >= 15 is 0 Å². The molecule has 0 aliphatic carbocycles. The van der Waals surface area contributed by atoms with E-state index in [9.17, 15) is 0 Å². The molecule has 0 aliphatic rings. The summed E-state index contributed by atoms with van der Waals surface area (Å²) < 4.78 is 0. The third kappa shape index (κ3) is 11.7. The molecule has 0 spiro atoms. The first-order valence-corrected chi connectivity index (χ1v) is 13.2. The van der Waals surface area contributed by atoms with Gasteiger partial charge < -0.3 is 0 Å². The van der Waals surface area contributed by atoms with Crippen LogP contribution in [0.5, 0.6) is 0 Å². The highest BCUT2D eigenvalue weighted by molar-refractivity contribution is 6.92. The van der Waals surface area contributed by atoms with Gasteiger partial charge in [0.1, 0.15) is 0 Å². The average Bonchev–Trinajstić information content (AvgIpc) is 2.25. The summed E-state index contributed by atoms with van der Waals surface area (Å²) in [5, 5.41) is 0. The maximum absolute atomic E-state index is 3.41. The summed E-state index contributed by atoms with van der Waals surface area (Å²) >= 11 is 0. The topological polar surface area (TPSA) is 0 Å². The zero-order chi connectivity index (χ0) is 13.1. The normalized spacial score (nSPS) is 11.6. The Morgan fingerprint density at radius 3 is 2.29 bits per heavy atom. The SMILES string of the molecule is CC(=C=C[SiH2][SiH3])CCC=C(C)CCC=C(C)C. The Hall–Kier alpha value is -0.566. The molecule has 0 nitrogen and oxygen atoms in total. The molecule has 0 saturated heterocycles. The van der Waals surface area contributed by atoms with Gasteiger partial charge in [0.25, 0.3) is 0 Å². The number of allylic oxidation sites excluding steroid dienone is 5. The van der Waals surface area contributed by atoms with Crippen molar-refractivity contribution in [1.82, 2.24) is 0 Å². The molecule has 0 rings (SSSR count). The van der Waals surface area contributed by atoms with E-state index in [0.717, 1.165) is 0 Å². The fourth-order valence-electron chi connectivity index (χ4n) is 1.57. The number of rotatable bonds is 7. The average molecular weight is 265 g/mol. The maximum atomic E-state index is 3.41. The largest absolute Gasteiger partial charge is 0.132 e. The molecule has 0 bridgehead atoms. The van der Waals surface area contributed by atoms with Crippen molar-refractivity contribution < 1.29 is 0 Å². The number of hydrogen-bond donors (Lipinski definition) is 0. The van der Waals surface area contributed by atoms with Crippen LogP contribution in [0.25, 0.3) is 0 Å². The van der Waals surface area contributed by atoms with Crippen LogP contribution in [0.1, 0.15) is 53.4 Å². The van der Waals surface area contributed by atoms with Crippen LogP contribution in [0.4, 0.5) is 0 Å². The van der Waals surface area contributed by atoms with Crippen molar-refractivity contribution in [3.05, 3.63) is 40.3 Å². The first kappa shape index (κ1) is 16.4. The van der Waals surface area contributed by atoms with Crippen molar-refractivity contribution >= 4 is 18.8 Å². The summed E-state index contributed by atoms with van der Waals surface area (Å²) in [6, 6.07) is 0. The van der Waals surface area contributed by atoms with Crippen LogP contribution in [0.15, 0.2) is 40.3 Å². The van der Waals surface area contributed by atoms with Crippen molar-refractivity contribution in [2.24, 2.45) is 0 Å². The van der Waals surface area contributed by atoms with Gasteiger partial charge in [0.05, 0.1) is 0 Å². The predicted molar refractivity (Wildman–Crippen MR) is 87.4 cm³/mol. The third-order valence-corrected chi connectivity index (χ3v) is 4.49. The smallest absolute Gasteiger partial charge is 0.0390 e. The lowest BCUT2D eigenvalue weighted by molar-refractivity contribution is 0.919. The van der Waals surface area contributed by atoms with Gasteiger partial charge in [-0.3, -0.25) is 0 Å². The van der Waals surface area contributed by atoms with Crippen molar-refractivity contribution in [2.75, 3.05) is 0 Å². The van der Waals surface area contributed by atoms with E-state index in [-0.39, 0.29) is 9.04 Å². The lowest BCUT2D eigenvalue weighted by Crippen LogP contribution is -1.81. The second-order valence-corrected chi connectivity index (χ2v) is 8.62. The first-order valence-electron chi connectivity index (χ1n) is 6.75. The molecule has 0 amide bonds. The monoisotopic (exact) mass is 264 g/mol. The fraction of sp³-hybridized carbons (Fsp3) is 0.533. The number of hydrogen-bond acceptors (Lipinski definition) is 0. The molecule has 0 unspecified atom stereocenters. The first-order chi connectivity index (χ1) is 8.06. The summed E-state index contributed by atoms with van der Waals surface area (Å²) in [5.41, 5.74) is 10.1. The standard InChI is InChI=1S/C15H28Si2/c1-13(2)7-5-8-14(3)9-6-10-15(4)11-12-17-16/h7,9,12H,5-6,8,10,17H2,1-4,16H3. The Kier molecular flexibility index (Phi) is 10.2. The molecule has 0 aliphatic heterocycles. The van der Waals surface area contributed by atoms with Crippen LogP contribution in [0.3, 0.4) is 0 Å². The highest BCUT2D eigenvalue weighted by atomic mass is 29.1. The van der Waals surface area contributed by atoms with Gasteiger partial charge in [-0.2, -0.15) is 0 Å². The Labute approximate surface area is 113 Å². The molecule has 0 saturated carbocycles. The van der Waals surface area contributed by atoms with Crippen molar-refractivity contribution in [1.29, 1.82) is 0 Å². The molecular formula is C15H28Si2. The van der Waals surface area contributed by atoms with E-state index in [0.29, 0.717) is 0 Å². The van der Waals surface area contributed by atoms with Crippen LogP contribution >= 0.6 is 0 Å². The van der Waals surface area contributed by atoms with Crippen LogP contribution in [0.2, 0.25) is 0 Å². The molecule has 0 N–H and O–H groups in total. The summed E-state index contributed by atoms with van der Waals surface area (Å²) in [4.78, 5) is 0. The van der Waals surface area contributed by atoms with E-state index in [1.165, 1.54) is 52.2 Å². The summed E-state index contributed by atoms with van der Waals surface area (Å²) in [5.74, 6) is 0. The molecule has 0 fully saturated rings. The predicted octanol–water partition coefficient (Wildman–Crippen LogP) is 2.97. The molecule has 17 heavy (non-hydrogen) atoms. The Bertz CT molecular complexity index is 325. The van der Waals surface area contributed by atoms with Gasteiger partial charge in [0.15, 0.2) is 0 Å². The van der Waals surface area contributed by atoms with Gasteiger partial charge in [0, 0.05) is 9.04 Å². The second kappa shape index (κ2) is 10.6. The lowest BCUT2D eigenvalue weighted by atomic mass is 10.1. The van der Waals surface area contributed by atoms with Crippen LogP contribution in [0, 0.1) is 0 Å². The van der Waals surface area contributed by atoms with Crippen LogP contribution in [-0.4, -0.2) is 18.8 Å². The highest BCUT2D eigenvalue weighted by Crippen LogP contribution is 2.10. The van der Waals surface area contributed by atoms with Gasteiger partial charge in [-0.25, -0.2) is 0 Å². The summed E-state index contributed by atoms with van der Waals surface area (Å²) in [6.45, 7) is 8.78. The van der Waals surface area contributed by atoms with Crippen LogP contribution < -0.4 is 0 Å². The second-order valence-electron chi connectivity index (χ2n) is 4.95. The van der Waals surface area contributed by atoms with Crippen LogP contribution in [-0.2, 0) is 0 Å². The Balaban J connectivity index is 3.92. The van der Waals surface area contributed by atoms with Gasteiger partial charge in [-0.05, 0) is 68.7 Å². The van der Waals surface area contributed by atoms with E-state index in [1.54, 1.807) is 0 Å². The molecule has 96 valence electrons. The molecule has 0 aromatic carbocycles. The van der Waals surface area contributed by atoms with Gasteiger partial charge >= 0.3 is 0 Å². The maximum Gasteiger partial charge on any atom is 0.0390 e. The van der Waals surface area contributed by atoms with Crippen molar-refractivity contribution in [3.8, 4) is 0 Å². The Morgan fingerprint density at radius 2 is 1.71 bits per heavy atom.